The van der Waals surface area contributed by atoms with Gasteiger partial charge in [-0.25, -0.2) is 0 Å². The van der Waals surface area contributed by atoms with Crippen LogP contribution < -0.4 is 10.6 Å². The van der Waals surface area contributed by atoms with E-state index in [4.69, 9.17) is 28.9 Å². The number of esters is 1. The Morgan fingerprint density at radius 3 is 2.38 bits per heavy atom. The van der Waals surface area contributed by atoms with E-state index in [0.717, 1.165) is 56.1 Å². The van der Waals surface area contributed by atoms with Crippen LogP contribution in [0.25, 0.3) is 6.08 Å². The number of aliphatic hydroxyl groups excluding tert-OH is 1. The molecule has 3 N–H and O–H groups in total. The van der Waals surface area contributed by atoms with Crippen LogP contribution in [0.1, 0.15) is 103 Å². The number of hydrogen-bond donors (Lipinski definition) is 3. The highest BCUT2D eigenvalue weighted by molar-refractivity contribution is 5.94. The average Bonchev–Trinajstić information content (AvgIpc) is 4.10. The molecular formula is C43H57N3O9. The molecule has 9 fully saturated rings. The first-order chi connectivity index (χ1) is 26.4. The van der Waals surface area contributed by atoms with Gasteiger partial charge in [0.2, 0.25) is 11.8 Å². The van der Waals surface area contributed by atoms with Gasteiger partial charge in [-0.2, -0.15) is 5.06 Å². The summed E-state index contributed by atoms with van der Waals surface area (Å²) in [5.41, 5.74) is 2.76. The summed E-state index contributed by atoms with van der Waals surface area (Å²) >= 11 is 0. The zero-order chi connectivity index (χ0) is 37.9. The quantitative estimate of drug-likeness (QED) is 0.222. The summed E-state index contributed by atoms with van der Waals surface area (Å²) in [6, 6.07) is 7.49. The Balaban J connectivity index is 0.905. The normalized spacial score (nSPS) is 41.4. The van der Waals surface area contributed by atoms with Gasteiger partial charge in [-0.15, -0.1) is 0 Å². The monoisotopic (exact) mass is 759 g/mol. The Bertz CT molecular complexity index is 1740. The fourth-order valence-electron chi connectivity index (χ4n) is 11.7. The Labute approximate surface area is 323 Å². The molecule has 5 aliphatic carbocycles. The van der Waals surface area contributed by atoms with E-state index >= 15 is 0 Å². The van der Waals surface area contributed by atoms with Crippen molar-refractivity contribution >= 4 is 23.9 Å². The van der Waals surface area contributed by atoms with Crippen LogP contribution in [0.2, 0.25) is 0 Å². The van der Waals surface area contributed by atoms with Crippen LogP contribution in [0.5, 0.6) is 0 Å². The van der Waals surface area contributed by atoms with Gasteiger partial charge in [0.15, 0.2) is 11.8 Å². The minimum Gasteiger partial charge on any atom is -0.458 e. The fourth-order valence-corrected chi connectivity index (χ4v) is 11.7. The van der Waals surface area contributed by atoms with Crippen LogP contribution >= 0.6 is 0 Å². The average molecular weight is 760 g/mol. The standard InChI is InChI=1S/C43H57N3O9/c1-40(2)21-29-26(8-13-32-41(3,52-32)16-14-30(29)40)20-24-4-6-25(7-5-24)23-46-36-38(49)51-31-22-42(36,39(50)45-17-15-33(48)44-18-19-47)37(55-46)35-34(31)53-43(54-35,27-9-10-27)28-11-12-28/h4-7,20,27-32,34-37,47H,8-19,21-23H2,1-3H3,(H,44,48)(H,45,50)/t29-,30-,31-,32?,34+,35+,36+,37-,41-,42+/m1/s1. The highest BCUT2D eigenvalue weighted by Gasteiger charge is 2.78. The Morgan fingerprint density at radius 1 is 0.927 bits per heavy atom. The molecule has 9 aliphatic rings. The topological polar surface area (TPSA) is 148 Å². The Morgan fingerprint density at radius 2 is 1.67 bits per heavy atom. The number of hydrogen-bond acceptors (Lipinski definition) is 10. The van der Waals surface area contributed by atoms with Crippen molar-refractivity contribution in [2.75, 3.05) is 19.7 Å². The van der Waals surface area contributed by atoms with Crippen LogP contribution in [0.3, 0.4) is 0 Å². The van der Waals surface area contributed by atoms with Gasteiger partial charge in [0.05, 0.1) is 24.9 Å². The molecular weight excluding hydrogens is 702 g/mol. The predicted molar refractivity (Wildman–Crippen MR) is 198 cm³/mol. The molecule has 4 saturated heterocycles. The molecule has 0 aromatic heterocycles. The number of carbonyl (C=O) groups is 3. The lowest BCUT2D eigenvalue weighted by molar-refractivity contribution is -0.235. The van der Waals surface area contributed by atoms with Crippen molar-refractivity contribution in [3.05, 3.63) is 41.0 Å². The van der Waals surface area contributed by atoms with Crippen LogP contribution in [0, 0.1) is 34.5 Å². The van der Waals surface area contributed by atoms with Crippen LogP contribution in [-0.4, -0.2) is 95.6 Å². The van der Waals surface area contributed by atoms with E-state index in [9.17, 15) is 14.4 Å². The zero-order valence-corrected chi connectivity index (χ0v) is 32.4. The maximum Gasteiger partial charge on any atom is 0.327 e. The Hall–Kier alpha value is -2.87. The van der Waals surface area contributed by atoms with E-state index in [0.29, 0.717) is 35.2 Å². The first-order valence-corrected chi connectivity index (χ1v) is 21.1. The minimum absolute atomic E-state index is 0.0448. The number of carbonyl (C=O) groups excluding carboxylic acids is 3. The third-order valence-corrected chi connectivity index (χ3v) is 15.0. The van der Waals surface area contributed by atoms with E-state index in [1.165, 1.54) is 18.4 Å². The van der Waals surface area contributed by atoms with Gasteiger partial charge in [0, 0.05) is 37.8 Å². The molecule has 10 atom stereocenters. The molecule has 10 rings (SSSR count). The van der Waals surface area contributed by atoms with Gasteiger partial charge in [-0.1, -0.05) is 49.8 Å². The van der Waals surface area contributed by atoms with Gasteiger partial charge >= 0.3 is 5.97 Å². The smallest absolute Gasteiger partial charge is 0.327 e. The van der Waals surface area contributed by atoms with E-state index in [-0.39, 0.29) is 56.5 Å². The first-order valence-electron chi connectivity index (χ1n) is 21.1. The molecule has 2 amide bonds. The fraction of sp³-hybridized carbons (Fsp3) is 0.744. The number of nitrogens with zero attached hydrogens (tertiary/aromatic N) is 1. The number of epoxide rings is 1. The summed E-state index contributed by atoms with van der Waals surface area (Å²) in [6.45, 7) is 7.47. The number of rotatable bonds is 11. The molecule has 4 aliphatic heterocycles. The second kappa shape index (κ2) is 13.1. The van der Waals surface area contributed by atoms with Crippen molar-refractivity contribution in [3.8, 4) is 0 Å². The van der Waals surface area contributed by atoms with Crippen LogP contribution in [0.15, 0.2) is 29.8 Å². The summed E-state index contributed by atoms with van der Waals surface area (Å²) in [7, 11) is 0. The molecule has 2 bridgehead atoms. The summed E-state index contributed by atoms with van der Waals surface area (Å²) in [5.74, 6) is 0.0242. The lowest BCUT2D eigenvalue weighted by atomic mass is 9.52. The van der Waals surface area contributed by atoms with Gasteiger partial charge in [0.1, 0.15) is 29.8 Å². The number of hydroxylamine groups is 2. The summed E-state index contributed by atoms with van der Waals surface area (Å²) in [4.78, 5) is 47.7. The molecule has 4 heterocycles. The molecule has 5 saturated carbocycles. The number of benzene rings is 1. The number of aliphatic hydroxyl groups is 1. The van der Waals surface area contributed by atoms with Gasteiger partial charge in [-0.3, -0.25) is 19.2 Å². The van der Waals surface area contributed by atoms with Gasteiger partial charge in [0.25, 0.3) is 0 Å². The molecule has 12 heteroatoms. The lowest BCUT2D eigenvalue weighted by Crippen LogP contribution is -2.69. The first kappa shape index (κ1) is 36.5. The van der Waals surface area contributed by atoms with Crippen molar-refractivity contribution in [2.45, 2.75) is 146 Å². The molecule has 298 valence electrons. The highest BCUT2D eigenvalue weighted by atomic mass is 16.8. The van der Waals surface area contributed by atoms with Crippen molar-refractivity contribution in [2.24, 2.45) is 34.5 Å². The van der Waals surface area contributed by atoms with E-state index in [2.05, 4.69) is 61.7 Å². The molecule has 55 heavy (non-hydrogen) atoms. The summed E-state index contributed by atoms with van der Waals surface area (Å²) < 4.78 is 26.2. The van der Waals surface area contributed by atoms with E-state index in [1.54, 1.807) is 5.06 Å². The van der Waals surface area contributed by atoms with E-state index < -0.39 is 47.6 Å². The number of ether oxygens (including phenoxy) is 4. The largest absolute Gasteiger partial charge is 0.458 e. The van der Waals surface area contributed by atoms with Crippen molar-refractivity contribution in [3.63, 3.8) is 0 Å². The van der Waals surface area contributed by atoms with Crippen molar-refractivity contribution < 1.29 is 43.3 Å². The third kappa shape index (κ3) is 6.02. The molecule has 0 spiro atoms. The Kier molecular flexibility index (Phi) is 8.67. The third-order valence-electron chi connectivity index (χ3n) is 15.0. The number of amides is 2. The minimum atomic E-state index is -1.29. The molecule has 12 nitrogen and oxygen atoms in total. The predicted octanol–water partition coefficient (Wildman–Crippen LogP) is 4.18. The van der Waals surface area contributed by atoms with Crippen LogP contribution in [0.4, 0.5) is 0 Å². The lowest BCUT2D eigenvalue weighted by Gasteiger charge is -2.53. The maximum atomic E-state index is 14.5. The van der Waals surface area contributed by atoms with Gasteiger partial charge in [-0.05, 0) is 93.1 Å². The summed E-state index contributed by atoms with van der Waals surface area (Å²) in [5, 5.41) is 16.3. The molecule has 1 aromatic carbocycles. The van der Waals surface area contributed by atoms with Crippen molar-refractivity contribution in [1.82, 2.24) is 15.7 Å². The van der Waals surface area contributed by atoms with E-state index in [1.807, 2.05) is 0 Å². The SMILES string of the molecule is CC1(C)C[C@@H]2C(=Cc3ccc(CN4O[C@@H]5[C@H]6OC(C7CC7)(C7CC7)O[C@H]6[C@H]6C[C@]5(C(=O)NCCC(=O)NCCO)[C@@H]4C(=O)O6)cc3)CCC3O[C@]3(C)CC[C@H]21. The number of allylic oxidation sites excluding steroid dienone is 1. The number of fused-ring (bicyclic) bond motifs is 6. The second-order valence-corrected chi connectivity index (χ2v) is 19.1. The van der Waals surface area contributed by atoms with Gasteiger partial charge < -0.3 is 34.7 Å². The molecule has 0 radical (unpaired) electrons. The molecule has 1 unspecified atom stereocenters. The maximum absolute atomic E-state index is 14.5. The highest BCUT2D eigenvalue weighted by Crippen LogP contribution is 2.64. The second-order valence-electron chi connectivity index (χ2n) is 19.1. The summed E-state index contributed by atoms with van der Waals surface area (Å²) in [6.07, 6.45) is 10.4. The number of nitrogens with one attached hydrogen (secondary N) is 2. The van der Waals surface area contributed by atoms with Crippen LogP contribution in [-0.2, 0) is 44.7 Å². The molecule has 1 aromatic rings. The van der Waals surface area contributed by atoms with Crippen molar-refractivity contribution in [1.29, 1.82) is 0 Å². The zero-order valence-electron chi connectivity index (χ0n) is 32.4.